The highest BCUT2D eigenvalue weighted by molar-refractivity contribution is 5.65. The highest BCUT2D eigenvalue weighted by atomic mass is 16.5. The summed E-state index contributed by atoms with van der Waals surface area (Å²) in [7, 11) is 1.71. The summed E-state index contributed by atoms with van der Waals surface area (Å²) in [5, 5.41) is 9.83. The molecule has 0 saturated carbocycles. The van der Waals surface area contributed by atoms with Gasteiger partial charge in [0.25, 0.3) is 0 Å². The van der Waals surface area contributed by atoms with Crippen molar-refractivity contribution in [1.82, 2.24) is 0 Å². The molecule has 0 aliphatic carbocycles. The van der Waals surface area contributed by atoms with Gasteiger partial charge in [0.2, 0.25) is 0 Å². The van der Waals surface area contributed by atoms with E-state index in [-0.39, 0.29) is 6.54 Å². The topological polar surface area (TPSA) is 55.5 Å². The van der Waals surface area contributed by atoms with Crippen LogP contribution in [0.4, 0.5) is 0 Å². The summed E-state index contributed by atoms with van der Waals surface area (Å²) in [5.41, 5.74) is 9.84. The summed E-state index contributed by atoms with van der Waals surface area (Å²) in [6.45, 7) is 0.951. The highest BCUT2D eigenvalue weighted by Crippen LogP contribution is 2.24. The molecule has 20 heavy (non-hydrogen) atoms. The lowest BCUT2D eigenvalue weighted by Gasteiger charge is -2.11. The normalized spacial score (nSPS) is 12.3. The lowest BCUT2D eigenvalue weighted by atomic mass is 9.98. The van der Waals surface area contributed by atoms with Gasteiger partial charge in [-0.05, 0) is 34.7 Å². The number of nitrogens with two attached hydrogens (primary N) is 1. The van der Waals surface area contributed by atoms with Crippen molar-refractivity contribution < 1.29 is 9.84 Å². The van der Waals surface area contributed by atoms with Gasteiger partial charge in [-0.3, -0.25) is 0 Å². The largest absolute Gasteiger partial charge is 0.387 e. The van der Waals surface area contributed by atoms with Crippen molar-refractivity contribution in [2.24, 2.45) is 5.73 Å². The molecule has 2 aromatic carbocycles. The van der Waals surface area contributed by atoms with E-state index >= 15 is 0 Å². The summed E-state index contributed by atoms with van der Waals surface area (Å²) >= 11 is 0. The maximum absolute atomic E-state index is 9.83. The second-order valence-electron chi connectivity index (χ2n) is 4.82. The molecule has 3 N–H and O–H groups in total. The van der Waals surface area contributed by atoms with Gasteiger partial charge in [0.1, 0.15) is 0 Å². The Kier molecular flexibility index (Phi) is 5.30. The van der Waals surface area contributed by atoms with Crippen molar-refractivity contribution in [2.45, 2.75) is 12.5 Å². The van der Waals surface area contributed by atoms with Gasteiger partial charge in [0.05, 0.1) is 12.7 Å². The molecule has 0 saturated heterocycles. The fraction of sp³-hybridized carbons (Fsp3) is 0.294. The first kappa shape index (κ1) is 14.7. The van der Waals surface area contributed by atoms with E-state index in [1.165, 1.54) is 5.56 Å². The molecule has 3 heteroatoms. The fourth-order valence-electron chi connectivity index (χ4n) is 2.19. The third-order valence-corrected chi connectivity index (χ3v) is 3.35. The van der Waals surface area contributed by atoms with E-state index in [0.29, 0.717) is 0 Å². The third-order valence-electron chi connectivity index (χ3n) is 3.35. The number of rotatable bonds is 6. The molecule has 0 unspecified atom stereocenters. The second kappa shape index (κ2) is 7.20. The van der Waals surface area contributed by atoms with Crippen LogP contribution in [0.3, 0.4) is 0 Å². The van der Waals surface area contributed by atoms with Crippen molar-refractivity contribution in [1.29, 1.82) is 0 Å². The number of hydrogen-bond donors (Lipinski definition) is 2. The highest BCUT2D eigenvalue weighted by Gasteiger charge is 2.06. The van der Waals surface area contributed by atoms with Gasteiger partial charge in [-0.25, -0.2) is 0 Å². The van der Waals surface area contributed by atoms with E-state index < -0.39 is 6.10 Å². The first-order valence-electron chi connectivity index (χ1n) is 6.81. The van der Waals surface area contributed by atoms with Gasteiger partial charge < -0.3 is 15.6 Å². The molecular formula is C17H21NO2. The zero-order valence-corrected chi connectivity index (χ0v) is 11.8. The number of aliphatic hydroxyl groups is 1. The van der Waals surface area contributed by atoms with Crippen LogP contribution in [-0.2, 0) is 11.2 Å². The summed E-state index contributed by atoms with van der Waals surface area (Å²) in [6.07, 6.45) is 0.293. The number of methoxy groups -OCH3 is 1. The Hall–Kier alpha value is -1.68. The van der Waals surface area contributed by atoms with Crippen LogP contribution >= 0.6 is 0 Å². The summed E-state index contributed by atoms with van der Waals surface area (Å²) in [6, 6.07) is 16.3. The first-order chi connectivity index (χ1) is 9.74. The van der Waals surface area contributed by atoms with Gasteiger partial charge >= 0.3 is 0 Å². The average molecular weight is 271 g/mol. The van der Waals surface area contributed by atoms with E-state index in [1.54, 1.807) is 7.11 Å². The second-order valence-corrected chi connectivity index (χ2v) is 4.82. The quantitative estimate of drug-likeness (QED) is 0.849. The van der Waals surface area contributed by atoms with Crippen LogP contribution in [0.15, 0.2) is 48.5 Å². The van der Waals surface area contributed by atoms with Crippen molar-refractivity contribution in [3.8, 4) is 11.1 Å². The Balaban J connectivity index is 2.26. The Morgan fingerprint density at radius 1 is 1.10 bits per heavy atom. The maximum atomic E-state index is 9.83. The molecule has 0 radical (unpaired) electrons. The third kappa shape index (κ3) is 3.67. The zero-order valence-electron chi connectivity index (χ0n) is 11.8. The lowest BCUT2D eigenvalue weighted by molar-refractivity contribution is 0.187. The van der Waals surface area contributed by atoms with Gasteiger partial charge in [-0.15, -0.1) is 0 Å². The van der Waals surface area contributed by atoms with E-state index in [2.05, 4.69) is 18.2 Å². The van der Waals surface area contributed by atoms with E-state index in [4.69, 9.17) is 10.5 Å². The van der Waals surface area contributed by atoms with Gasteiger partial charge in [-0.2, -0.15) is 0 Å². The minimum absolute atomic E-state index is 0.233. The Morgan fingerprint density at radius 3 is 2.50 bits per heavy atom. The molecule has 0 aromatic heterocycles. The molecule has 2 aromatic rings. The molecule has 0 fully saturated rings. The van der Waals surface area contributed by atoms with Crippen LogP contribution in [0.1, 0.15) is 17.2 Å². The van der Waals surface area contributed by atoms with Crippen LogP contribution < -0.4 is 5.73 Å². The molecule has 106 valence electrons. The van der Waals surface area contributed by atoms with Crippen LogP contribution in [0, 0.1) is 0 Å². The Morgan fingerprint density at radius 2 is 1.80 bits per heavy atom. The van der Waals surface area contributed by atoms with Gasteiger partial charge in [-0.1, -0.05) is 42.5 Å². The Bertz CT molecular complexity index is 554. The van der Waals surface area contributed by atoms with E-state index in [0.717, 1.165) is 29.7 Å². The SMILES string of the molecule is COCCc1cccc(-c2cccc([C@H](O)CN)c2)c1. The predicted octanol–water partition coefficient (Wildman–Crippen LogP) is 2.53. The van der Waals surface area contributed by atoms with Gasteiger partial charge in [0.15, 0.2) is 0 Å². The summed E-state index contributed by atoms with van der Waals surface area (Å²) < 4.78 is 5.11. The number of benzene rings is 2. The van der Waals surface area contributed by atoms with Crippen molar-refractivity contribution in [3.63, 3.8) is 0 Å². The molecular weight excluding hydrogens is 250 g/mol. The molecule has 0 heterocycles. The maximum Gasteiger partial charge on any atom is 0.0912 e. The Labute approximate surface area is 120 Å². The van der Waals surface area contributed by atoms with E-state index in [1.807, 2.05) is 30.3 Å². The monoisotopic (exact) mass is 271 g/mol. The molecule has 0 aliphatic heterocycles. The molecule has 0 spiro atoms. The predicted molar refractivity (Wildman–Crippen MR) is 81.5 cm³/mol. The van der Waals surface area contributed by atoms with E-state index in [9.17, 15) is 5.11 Å². The fourth-order valence-corrected chi connectivity index (χ4v) is 2.19. The smallest absolute Gasteiger partial charge is 0.0912 e. The zero-order chi connectivity index (χ0) is 14.4. The lowest BCUT2D eigenvalue weighted by Crippen LogP contribution is -2.11. The molecule has 3 nitrogen and oxygen atoms in total. The van der Waals surface area contributed by atoms with Crippen molar-refractivity contribution >= 4 is 0 Å². The standard InChI is InChI=1S/C17H21NO2/c1-20-9-8-13-4-2-5-14(10-13)15-6-3-7-16(11-15)17(19)12-18/h2-7,10-11,17,19H,8-9,12,18H2,1H3/t17-/m1/s1. The van der Waals surface area contributed by atoms with Gasteiger partial charge in [0, 0.05) is 13.7 Å². The number of hydrogen-bond acceptors (Lipinski definition) is 3. The minimum atomic E-state index is -0.605. The van der Waals surface area contributed by atoms with Crippen molar-refractivity contribution in [3.05, 3.63) is 59.7 Å². The molecule has 1 atom stereocenters. The molecule has 0 amide bonds. The van der Waals surface area contributed by atoms with Crippen LogP contribution in [0.2, 0.25) is 0 Å². The number of ether oxygens (including phenoxy) is 1. The first-order valence-corrected chi connectivity index (χ1v) is 6.81. The van der Waals surface area contributed by atoms with Crippen LogP contribution in [0.25, 0.3) is 11.1 Å². The number of aliphatic hydroxyl groups excluding tert-OH is 1. The average Bonchev–Trinajstić information content (AvgIpc) is 2.52. The molecule has 0 bridgehead atoms. The van der Waals surface area contributed by atoms with Crippen LogP contribution in [-0.4, -0.2) is 25.4 Å². The van der Waals surface area contributed by atoms with Crippen molar-refractivity contribution in [2.75, 3.05) is 20.3 Å². The van der Waals surface area contributed by atoms with Crippen LogP contribution in [0.5, 0.6) is 0 Å². The summed E-state index contributed by atoms with van der Waals surface area (Å²) in [5.74, 6) is 0. The summed E-state index contributed by atoms with van der Waals surface area (Å²) in [4.78, 5) is 0. The molecule has 2 rings (SSSR count). The molecule has 0 aliphatic rings. The minimum Gasteiger partial charge on any atom is -0.387 e.